The van der Waals surface area contributed by atoms with Crippen LogP contribution in [0.1, 0.15) is 27.6 Å². The monoisotopic (exact) mass is 371 g/mol. The van der Waals surface area contributed by atoms with E-state index in [0.717, 1.165) is 0 Å². The molecule has 1 heterocycles. The maximum atomic E-state index is 12.2. The molecule has 120 valence electrons. The molecule has 0 saturated carbocycles. The quantitative estimate of drug-likeness (QED) is 0.724. The van der Waals surface area contributed by atoms with E-state index in [0.29, 0.717) is 15.0 Å². The molecule has 3 amide bonds. The van der Waals surface area contributed by atoms with Crippen molar-refractivity contribution < 1.29 is 14.4 Å². The summed E-state index contributed by atoms with van der Waals surface area (Å²) in [6, 6.07) is 5.97. The van der Waals surface area contributed by atoms with Gasteiger partial charge >= 0.3 is 0 Å². The highest BCUT2D eigenvalue weighted by molar-refractivity contribution is 7.14. The van der Waals surface area contributed by atoms with Crippen molar-refractivity contribution in [3.05, 3.63) is 50.8 Å². The van der Waals surface area contributed by atoms with Crippen molar-refractivity contribution in [1.82, 2.24) is 10.9 Å². The van der Waals surface area contributed by atoms with E-state index in [-0.39, 0.29) is 11.1 Å². The van der Waals surface area contributed by atoms with Crippen molar-refractivity contribution in [2.75, 3.05) is 5.32 Å². The summed E-state index contributed by atoms with van der Waals surface area (Å²) >= 11 is 12.9. The standard InChI is InChI=1S/C14H11Cl2N3O3S/c1-7(20)18-19-13(22)11-2-3-23-14(11)17-12(21)8-4-9(15)6-10(16)5-8/h2-6H,1H3,(H,17,21)(H,18,20)(H,19,22). The fourth-order valence-electron chi connectivity index (χ4n) is 1.66. The Balaban J connectivity index is 2.14. The van der Waals surface area contributed by atoms with Gasteiger partial charge in [-0.15, -0.1) is 11.3 Å². The molecule has 2 aromatic rings. The summed E-state index contributed by atoms with van der Waals surface area (Å²) in [6.45, 7) is 1.26. The fourth-order valence-corrected chi connectivity index (χ4v) is 2.96. The van der Waals surface area contributed by atoms with E-state index in [4.69, 9.17) is 23.2 Å². The second kappa shape index (κ2) is 7.45. The Kier molecular flexibility index (Phi) is 5.59. The molecule has 0 atom stereocenters. The largest absolute Gasteiger partial charge is 0.313 e. The molecule has 0 radical (unpaired) electrons. The van der Waals surface area contributed by atoms with E-state index in [1.54, 1.807) is 5.38 Å². The number of carbonyl (C=O) groups excluding carboxylic acids is 3. The van der Waals surface area contributed by atoms with E-state index in [1.165, 1.54) is 42.5 Å². The number of rotatable bonds is 3. The number of hydrogen-bond acceptors (Lipinski definition) is 4. The van der Waals surface area contributed by atoms with Gasteiger partial charge in [0.25, 0.3) is 11.8 Å². The molecule has 0 bridgehead atoms. The van der Waals surface area contributed by atoms with Crippen LogP contribution in [0.5, 0.6) is 0 Å². The Labute approximate surface area is 145 Å². The maximum Gasteiger partial charge on any atom is 0.272 e. The van der Waals surface area contributed by atoms with E-state index >= 15 is 0 Å². The number of hydrogen-bond donors (Lipinski definition) is 3. The van der Waals surface area contributed by atoms with E-state index in [9.17, 15) is 14.4 Å². The number of benzene rings is 1. The van der Waals surface area contributed by atoms with Crippen LogP contribution < -0.4 is 16.2 Å². The Morgan fingerprint density at radius 3 is 2.26 bits per heavy atom. The lowest BCUT2D eigenvalue weighted by atomic mass is 10.2. The highest BCUT2D eigenvalue weighted by Crippen LogP contribution is 2.25. The van der Waals surface area contributed by atoms with Gasteiger partial charge in [-0.2, -0.15) is 0 Å². The second-order valence-corrected chi connectivity index (χ2v) is 6.20. The van der Waals surface area contributed by atoms with Gasteiger partial charge in [0.05, 0.1) is 5.56 Å². The molecule has 1 aromatic carbocycles. The molecule has 0 spiro atoms. The van der Waals surface area contributed by atoms with Crippen molar-refractivity contribution in [1.29, 1.82) is 0 Å². The maximum absolute atomic E-state index is 12.2. The molecule has 23 heavy (non-hydrogen) atoms. The number of carbonyl (C=O) groups is 3. The topological polar surface area (TPSA) is 87.3 Å². The average molecular weight is 372 g/mol. The molecule has 0 fully saturated rings. The van der Waals surface area contributed by atoms with E-state index in [2.05, 4.69) is 16.2 Å². The van der Waals surface area contributed by atoms with Crippen LogP contribution in [0.2, 0.25) is 10.0 Å². The lowest BCUT2D eigenvalue weighted by Gasteiger charge is -2.08. The third-order valence-electron chi connectivity index (χ3n) is 2.61. The van der Waals surface area contributed by atoms with Crippen molar-refractivity contribution in [3.63, 3.8) is 0 Å². The van der Waals surface area contributed by atoms with Gasteiger partial charge in [-0.25, -0.2) is 0 Å². The number of nitrogens with one attached hydrogen (secondary N) is 3. The molecule has 9 heteroatoms. The third kappa shape index (κ3) is 4.69. The Hall–Kier alpha value is -2.09. The van der Waals surface area contributed by atoms with Gasteiger partial charge in [0.1, 0.15) is 5.00 Å². The van der Waals surface area contributed by atoms with Crippen molar-refractivity contribution in [2.45, 2.75) is 6.92 Å². The zero-order valence-corrected chi connectivity index (χ0v) is 14.1. The van der Waals surface area contributed by atoms with Gasteiger partial charge in [0.15, 0.2) is 0 Å². The van der Waals surface area contributed by atoms with Gasteiger partial charge < -0.3 is 5.32 Å². The van der Waals surface area contributed by atoms with Gasteiger partial charge in [-0.1, -0.05) is 23.2 Å². The smallest absolute Gasteiger partial charge is 0.272 e. The van der Waals surface area contributed by atoms with Crippen LogP contribution in [0.25, 0.3) is 0 Å². The summed E-state index contributed by atoms with van der Waals surface area (Å²) < 4.78 is 0. The van der Waals surface area contributed by atoms with Crippen LogP contribution >= 0.6 is 34.5 Å². The normalized spacial score (nSPS) is 10.0. The number of thiophene rings is 1. The van der Waals surface area contributed by atoms with Crippen LogP contribution in [-0.2, 0) is 4.79 Å². The zero-order chi connectivity index (χ0) is 17.0. The number of amides is 3. The second-order valence-electron chi connectivity index (χ2n) is 4.41. The first-order chi connectivity index (χ1) is 10.9. The minimum atomic E-state index is -0.541. The van der Waals surface area contributed by atoms with Crippen molar-refractivity contribution in [2.24, 2.45) is 0 Å². The predicted molar refractivity (Wildman–Crippen MR) is 90.0 cm³/mol. The van der Waals surface area contributed by atoms with Gasteiger partial charge in [0.2, 0.25) is 5.91 Å². The van der Waals surface area contributed by atoms with Crippen molar-refractivity contribution >= 4 is 57.3 Å². The SMILES string of the molecule is CC(=O)NNC(=O)c1ccsc1NC(=O)c1cc(Cl)cc(Cl)c1. The fraction of sp³-hybridized carbons (Fsp3) is 0.0714. The number of hydrazine groups is 1. The minimum Gasteiger partial charge on any atom is -0.313 e. The lowest BCUT2D eigenvalue weighted by Crippen LogP contribution is -2.40. The Morgan fingerprint density at radius 1 is 1.00 bits per heavy atom. The first-order valence-corrected chi connectivity index (χ1v) is 7.92. The molecule has 1 aromatic heterocycles. The zero-order valence-electron chi connectivity index (χ0n) is 11.8. The van der Waals surface area contributed by atoms with E-state index < -0.39 is 17.7 Å². The van der Waals surface area contributed by atoms with E-state index in [1.807, 2.05) is 0 Å². The first-order valence-electron chi connectivity index (χ1n) is 6.28. The van der Waals surface area contributed by atoms with Crippen LogP contribution in [0, 0.1) is 0 Å². The molecule has 0 unspecified atom stereocenters. The Morgan fingerprint density at radius 2 is 1.65 bits per heavy atom. The lowest BCUT2D eigenvalue weighted by molar-refractivity contribution is -0.119. The molecule has 3 N–H and O–H groups in total. The molecule has 2 rings (SSSR count). The summed E-state index contributed by atoms with van der Waals surface area (Å²) in [5.74, 6) is -1.40. The summed E-state index contributed by atoms with van der Waals surface area (Å²) in [6.07, 6.45) is 0. The number of halogens is 2. The van der Waals surface area contributed by atoms with Gasteiger partial charge in [-0.05, 0) is 29.6 Å². The summed E-state index contributed by atoms with van der Waals surface area (Å²) in [4.78, 5) is 35.0. The van der Waals surface area contributed by atoms with Crippen LogP contribution in [-0.4, -0.2) is 17.7 Å². The summed E-state index contributed by atoms with van der Waals surface area (Å²) in [7, 11) is 0. The molecular weight excluding hydrogens is 361 g/mol. The average Bonchev–Trinajstić information content (AvgIpc) is 2.91. The molecule has 0 aliphatic heterocycles. The van der Waals surface area contributed by atoms with Gasteiger partial charge in [-0.3, -0.25) is 25.2 Å². The third-order valence-corrected chi connectivity index (χ3v) is 3.88. The molecule has 6 nitrogen and oxygen atoms in total. The van der Waals surface area contributed by atoms with Crippen LogP contribution in [0.15, 0.2) is 29.6 Å². The highest BCUT2D eigenvalue weighted by atomic mass is 35.5. The summed E-state index contributed by atoms with van der Waals surface area (Å²) in [5, 5.41) is 5.26. The minimum absolute atomic E-state index is 0.227. The molecular formula is C14H11Cl2N3O3S. The molecule has 0 aliphatic carbocycles. The van der Waals surface area contributed by atoms with Crippen LogP contribution in [0.4, 0.5) is 5.00 Å². The highest BCUT2D eigenvalue weighted by Gasteiger charge is 2.16. The first kappa shape index (κ1) is 17.3. The summed E-state index contributed by atoms with van der Waals surface area (Å²) in [5.41, 5.74) is 4.90. The van der Waals surface area contributed by atoms with Crippen molar-refractivity contribution in [3.8, 4) is 0 Å². The number of anilines is 1. The molecule has 0 aliphatic rings. The predicted octanol–water partition coefficient (Wildman–Crippen LogP) is 3.09. The Bertz CT molecular complexity index is 756. The van der Waals surface area contributed by atoms with Gasteiger partial charge in [0, 0.05) is 22.5 Å². The van der Waals surface area contributed by atoms with Crippen LogP contribution in [0.3, 0.4) is 0 Å². The molecule has 0 saturated heterocycles.